The fourth-order valence-electron chi connectivity index (χ4n) is 7.99. The molecule has 0 radical (unpaired) electrons. The highest BCUT2D eigenvalue weighted by Gasteiger charge is 2.54. The molecule has 0 aromatic heterocycles. The Bertz CT molecular complexity index is 1340. The van der Waals surface area contributed by atoms with Crippen LogP contribution in [0.3, 0.4) is 0 Å². The number of hydrogen-bond donors (Lipinski definition) is 0. The van der Waals surface area contributed by atoms with Crippen LogP contribution in [0.5, 0.6) is 0 Å². The van der Waals surface area contributed by atoms with Crippen LogP contribution in [-0.4, -0.2) is 24.1 Å². The van der Waals surface area contributed by atoms with Gasteiger partial charge in [0.15, 0.2) is 0 Å². The van der Waals surface area contributed by atoms with Crippen molar-refractivity contribution < 1.29 is 26.2 Å². The molecule has 6 aliphatic carbocycles. The molecule has 6 heteroatoms. The molecular formula is C36H48O6. The number of hydrogen-bond acceptors (Lipinski definition) is 6. The van der Waals surface area contributed by atoms with Crippen molar-refractivity contribution in [3.05, 3.63) is 34.2 Å². The fraction of sp³-hybridized carbons (Fsp3) is 0.556. The highest BCUT2D eigenvalue weighted by atomic mass is 16.7. The Morgan fingerprint density at radius 3 is 1.60 bits per heavy atom. The van der Waals surface area contributed by atoms with Gasteiger partial charge in [0, 0.05) is 36.8 Å². The van der Waals surface area contributed by atoms with E-state index in [1.807, 2.05) is 0 Å². The smallest absolute Gasteiger partial charge is 0.302 e. The van der Waals surface area contributed by atoms with Gasteiger partial charge < -0.3 is 9.47 Å². The van der Waals surface area contributed by atoms with E-state index in [9.17, 15) is 9.59 Å². The predicted octanol–water partition coefficient (Wildman–Crippen LogP) is 6.64. The first-order valence-corrected chi connectivity index (χ1v) is 14.6. The largest absolute Gasteiger partial charge is 0.462 e. The Hall–Kier alpha value is -4.18. The lowest BCUT2D eigenvalue weighted by Gasteiger charge is -2.30. The Kier molecular flexibility index (Phi) is 12.6. The molecule has 0 aromatic carbocycles. The van der Waals surface area contributed by atoms with Crippen LogP contribution in [0.25, 0.3) is 0 Å². The standard InChI is InChI=1S/2C12H16O2.C12H6.O2.5H2/c2*1-7(13)14-12-6-8-5-11(12)10-4-2-3-9(8)10;1-3-5-7-9-11-12-10-8-6-4-2;1-2;;;;;/h2,4,8-12H,3,5-6H2,1H3;2-3,8-12H,4-6H2,1H3;1-2H3;;5*1H. The lowest BCUT2D eigenvalue weighted by atomic mass is 9.80. The van der Waals surface area contributed by atoms with Gasteiger partial charge in [-0.05, 0) is 141 Å². The SMILES string of the molecule is CC#CC#CC#CC#CC#CC.CC(=O)OC1CC2CC1C1C=CCC21.CC(=O)OC1CC2CC1C1CC=CC21.O=O.[HH].[HH].[HH].[HH].[HH]. The number of esters is 2. The summed E-state index contributed by atoms with van der Waals surface area (Å²) in [7, 11) is 0. The molecule has 0 N–H and O–H groups in total. The summed E-state index contributed by atoms with van der Waals surface area (Å²) in [6, 6.07) is 0. The molecule has 0 aliphatic heterocycles. The molecule has 6 nitrogen and oxygen atoms in total. The maximum absolute atomic E-state index is 10.9. The second-order valence-electron chi connectivity index (χ2n) is 11.4. The lowest BCUT2D eigenvalue weighted by molar-refractivity contribution is -0.151. The molecule has 10 atom stereocenters. The average molecular weight is 577 g/mol. The summed E-state index contributed by atoms with van der Waals surface area (Å²) in [5.74, 6) is 31.5. The minimum Gasteiger partial charge on any atom is -0.462 e. The van der Waals surface area contributed by atoms with E-state index in [1.54, 1.807) is 13.8 Å². The number of fused-ring (bicyclic) bond motifs is 10. The van der Waals surface area contributed by atoms with Gasteiger partial charge in [0.05, 0.1) is 0 Å². The summed E-state index contributed by atoms with van der Waals surface area (Å²) in [4.78, 5) is 35.9. The molecule has 6 rings (SSSR count). The van der Waals surface area contributed by atoms with Crippen LogP contribution in [0.2, 0.25) is 0 Å². The van der Waals surface area contributed by atoms with Crippen LogP contribution in [-0.2, 0) is 19.1 Å². The molecule has 42 heavy (non-hydrogen) atoms. The second kappa shape index (κ2) is 16.3. The quantitative estimate of drug-likeness (QED) is 0.208. The summed E-state index contributed by atoms with van der Waals surface area (Å²) < 4.78 is 10.8. The van der Waals surface area contributed by atoms with Gasteiger partial charge in [0.25, 0.3) is 0 Å². The van der Waals surface area contributed by atoms with Crippen molar-refractivity contribution in [2.75, 3.05) is 0 Å². The first-order chi connectivity index (χ1) is 20.4. The molecule has 4 fully saturated rings. The van der Waals surface area contributed by atoms with Crippen LogP contribution in [0, 0.1) is 116 Å². The van der Waals surface area contributed by atoms with Crippen LogP contribution in [0.1, 0.15) is 73.4 Å². The molecule has 0 heterocycles. The van der Waals surface area contributed by atoms with Gasteiger partial charge in [0.1, 0.15) is 12.2 Å². The minimum absolute atomic E-state index is 0. The molecular weight excluding hydrogens is 528 g/mol. The third-order valence-electron chi connectivity index (χ3n) is 9.21. The molecule has 10 unspecified atom stereocenters. The van der Waals surface area contributed by atoms with Crippen molar-refractivity contribution in [2.24, 2.45) is 47.3 Å². The maximum Gasteiger partial charge on any atom is 0.302 e. The first-order valence-electron chi connectivity index (χ1n) is 14.6. The predicted molar refractivity (Wildman–Crippen MR) is 173 cm³/mol. The van der Waals surface area contributed by atoms with E-state index in [2.05, 4.69) is 83.5 Å². The van der Waals surface area contributed by atoms with E-state index < -0.39 is 0 Å². The highest BCUT2D eigenvalue weighted by molar-refractivity contribution is 5.66. The van der Waals surface area contributed by atoms with Gasteiger partial charge >= 0.3 is 11.9 Å². The minimum atomic E-state index is -0.110. The number of allylic oxidation sites excluding steroid dienone is 4. The molecule has 6 aliphatic rings. The zero-order valence-electron chi connectivity index (χ0n) is 24.8. The summed E-state index contributed by atoms with van der Waals surface area (Å²) >= 11 is 0. The van der Waals surface area contributed by atoms with Crippen LogP contribution in [0.15, 0.2) is 24.3 Å². The van der Waals surface area contributed by atoms with E-state index in [0.29, 0.717) is 11.8 Å². The molecule has 228 valence electrons. The van der Waals surface area contributed by atoms with E-state index >= 15 is 0 Å². The molecule has 0 spiro atoms. The van der Waals surface area contributed by atoms with Crippen molar-refractivity contribution >= 4 is 11.9 Å². The summed E-state index contributed by atoms with van der Waals surface area (Å²) in [5.41, 5.74) is 0. The summed E-state index contributed by atoms with van der Waals surface area (Å²) in [6.07, 6.45) is 17.1. The van der Waals surface area contributed by atoms with Gasteiger partial charge in [-0.2, -0.15) is 0 Å². The van der Waals surface area contributed by atoms with Crippen molar-refractivity contribution in [3.8, 4) is 59.2 Å². The van der Waals surface area contributed by atoms with Gasteiger partial charge in [-0.3, -0.25) is 9.59 Å². The van der Waals surface area contributed by atoms with Crippen LogP contribution in [0.4, 0.5) is 0 Å². The summed E-state index contributed by atoms with van der Waals surface area (Å²) in [6.45, 7) is 6.49. The molecule has 0 saturated heterocycles. The lowest BCUT2D eigenvalue weighted by Crippen LogP contribution is -2.31. The van der Waals surface area contributed by atoms with Gasteiger partial charge in [-0.15, -0.1) is 0 Å². The van der Waals surface area contributed by atoms with E-state index in [-0.39, 0.29) is 31.3 Å². The third-order valence-corrected chi connectivity index (χ3v) is 9.21. The first kappa shape index (κ1) is 32.3. The number of carbonyl (C=O) groups excluding carboxylic acids is 2. The Balaban J connectivity index is -0.000000575. The van der Waals surface area contributed by atoms with Gasteiger partial charge in [0.2, 0.25) is 0 Å². The number of carbonyl (C=O) groups is 2. The zero-order chi connectivity index (χ0) is 30.5. The molecule has 4 bridgehead atoms. The normalized spacial score (nSPS) is 33.3. The fourth-order valence-corrected chi connectivity index (χ4v) is 7.99. The van der Waals surface area contributed by atoms with Crippen molar-refractivity contribution in [1.82, 2.24) is 0 Å². The number of ether oxygens (including phenoxy) is 2. The zero-order valence-corrected chi connectivity index (χ0v) is 24.8. The van der Waals surface area contributed by atoms with Crippen molar-refractivity contribution in [2.45, 2.75) is 78.4 Å². The maximum atomic E-state index is 10.9. The van der Waals surface area contributed by atoms with Crippen LogP contribution >= 0.6 is 0 Å². The Morgan fingerprint density at radius 2 is 1.05 bits per heavy atom. The Morgan fingerprint density at radius 1 is 0.595 bits per heavy atom. The average Bonchev–Trinajstić information content (AvgIpc) is 3.79. The van der Waals surface area contributed by atoms with Crippen molar-refractivity contribution in [3.63, 3.8) is 0 Å². The molecule has 4 saturated carbocycles. The van der Waals surface area contributed by atoms with E-state index in [1.165, 1.54) is 39.5 Å². The van der Waals surface area contributed by atoms with Crippen LogP contribution < -0.4 is 0 Å². The monoisotopic (exact) mass is 576 g/mol. The topological polar surface area (TPSA) is 86.7 Å². The number of rotatable bonds is 2. The van der Waals surface area contributed by atoms with E-state index in [0.717, 1.165) is 48.3 Å². The highest BCUT2D eigenvalue weighted by Crippen LogP contribution is 2.58. The Labute approximate surface area is 257 Å². The third kappa shape index (κ3) is 8.19. The van der Waals surface area contributed by atoms with Gasteiger partial charge in [-0.25, -0.2) is 0 Å². The van der Waals surface area contributed by atoms with Gasteiger partial charge in [-0.1, -0.05) is 36.1 Å². The molecule has 0 aromatic rings. The van der Waals surface area contributed by atoms with Crippen molar-refractivity contribution in [1.29, 1.82) is 0 Å². The van der Waals surface area contributed by atoms with E-state index in [4.69, 9.17) is 19.4 Å². The summed E-state index contributed by atoms with van der Waals surface area (Å²) in [5, 5.41) is 0. The molecule has 0 amide bonds. The second-order valence-corrected chi connectivity index (χ2v) is 11.4.